The molecule has 7 heteroatoms. The third-order valence-electron chi connectivity index (χ3n) is 4.02. The maximum absolute atomic E-state index is 12.1. The molecule has 0 aliphatic heterocycles. The highest BCUT2D eigenvalue weighted by Crippen LogP contribution is 2.30. The van der Waals surface area contributed by atoms with Gasteiger partial charge in [0, 0.05) is 12.7 Å². The van der Waals surface area contributed by atoms with Crippen molar-refractivity contribution in [1.29, 1.82) is 0 Å². The molecule has 6 nitrogen and oxygen atoms in total. The lowest BCUT2D eigenvalue weighted by Crippen LogP contribution is -2.41. The highest BCUT2D eigenvalue weighted by molar-refractivity contribution is 7.89. The Kier molecular flexibility index (Phi) is 5.08. The van der Waals surface area contributed by atoms with Crippen molar-refractivity contribution in [3.05, 3.63) is 29.3 Å². The summed E-state index contributed by atoms with van der Waals surface area (Å²) in [6.07, 6.45) is 2.79. The van der Waals surface area contributed by atoms with Crippen molar-refractivity contribution in [2.24, 2.45) is 0 Å². The minimum Gasteiger partial charge on any atom is -0.399 e. The van der Waals surface area contributed by atoms with Gasteiger partial charge < -0.3 is 11.1 Å². The Bertz CT molecular complexity index is 658. The number of hydrogen-bond acceptors (Lipinski definition) is 4. The first-order valence-electron chi connectivity index (χ1n) is 7.45. The van der Waals surface area contributed by atoms with Crippen LogP contribution in [0.2, 0.25) is 0 Å². The summed E-state index contributed by atoms with van der Waals surface area (Å²) in [6.45, 7) is 1.41. The number of nitrogens with two attached hydrogens (primary N) is 1. The SMILES string of the molecule is CCS(=O)(=O)N(C)CC(=O)NC1CCCc2cc(N)ccc21. The molecule has 122 valence electrons. The van der Waals surface area contributed by atoms with Gasteiger partial charge in [-0.05, 0) is 49.4 Å². The van der Waals surface area contributed by atoms with E-state index in [1.54, 1.807) is 6.92 Å². The van der Waals surface area contributed by atoms with Crippen molar-refractivity contribution in [2.75, 3.05) is 25.1 Å². The second-order valence-electron chi connectivity index (χ2n) is 5.63. The summed E-state index contributed by atoms with van der Waals surface area (Å²) in [5.41, 5.74) is 8.76. The number of rotatable bonds is 5. The number of sulfonamides is 1. The Morgan fingerprint density at radius 3 is 2.86 bits per heavy atom. The van der Waals surface area contributed by atoms with Gasteiger partial charge in [0.15, 0.2) is 0 Å². The number of fused-ring (bicyclic) bond motifs is 1. The molecule has 0 bridgehead atoms. The monoisotopic (exact) mass is 325 g/mol. The Hall–Kier alpha value is -1.60. The highest BCUT2D eigenvalue weighted by atomic mass is 32.2. The fourth-order valence-corrected chi connectivity index (χ4v) is 3.50. The van der Waals surface area contributed by atoms with Crippen LogP contribution in [0, 0.1) is 0 Å². The van der Waals surface area contributed by atoms with E-state index in [2.05, 4.69) is 5.32 Å². The summed E-state index contributed by atoms with van der Waals surface area (Å²) in [7, 11) is -1.92. The summed E-state index contributed by atoms with van der Waals surface area (Å²) in [4.78, 5) is 12.1. The lowest BCUT2D eigenvalue weighted by atomic mass is 9.87. The number of benzene rings is 1. The quantitative estimate of drug-likeness (QED) is 0.791. The average Bonchev–Trinajstić information content (AvgIpc) is 2.46. The molecule has 0 radical (unpaired) electrons. The van der Waals surface area contributed by atoms with Crippen molar-refractivity contribution in [3.8, 4) is 0 Å². The maximum atomic E-state index is 12.1. The molecule has 0 spiro atoms. The Morgan fingerprint density at radius 1 is 1.45 bits per heavy atom. The van der Waals surface area contributed by atoms with Crippen LogP contribution in [-0.4, -0.2) is 38.0 Å². The topological polar surface area (TPSA) is 92.5 Å². The first-order valence-corrected chi connectivity index (χ1v) is 9.06. The smallest absolute Gasteiger partial charge is 0.235 e. The number of aryl methyl sites for hydroxylation is 1. The molecular formula is C15H23N3O3S. The van der Waals surface area contributed by atoms with Gasteiger partial charge in [-0.25, -0.2) is 8.42 Å². The number of anilines is 1. The largest absolute Gasteiger partial charge is 0.399 e. The number of amides is 1. The predicted molar refractivity (Wildman–Crippen MR) is 86.8 cm³/mol. The molecule has 1 amide bonds. The summed E-state index contributed by atoms with van der Waals surface area (Å²) < 4.78 is 24.5. The van der Waals surface area contributed by atoms with Gasteiger partial charge in [0.05, 0.1) is 18.3 Å². The molecule has 22 heavy (non-hydrogen) atoms. The summed E-state index contributed by atoms with van der Waals surface area (Å²) >= 11 is 0. The number of carbonyl (C=O) groups is 1. The number of nitrogens with zero attached hydrogens (tertiary/aromatic N) is 1. The molecule has 1 aromatic rings. The van der Waals surface area contributed by atoms with E-state index in [1.165, 1.54) is 7.05 Å². The van der Waals surface area contributed by atoms with Crippen LogP contribution in [0.3, 0.4) is 0 Å². The van der Waals surface area contributed by atoms with E-state index in [0.717, 1.165) is 40.4 Å². The van der Waals surface area contributed by atoms with Crippen molar-refractivity contribution in [1.82, 2.24) is 9.62 Å². The maximum Gasteiger partial charge on any atom is 0.235 e. The van der Waals surface area contributed by atoms with Crippen LogP contribution in [0.4, 0.5) is 5.69 Å². The molecule has 1 unspecified atom stereocenters. The average molecular weight is 325 g/mol. The van der Waals surface area contributed by atoms with E-state index in [-0.39, 0.29) is 24.2 Å². The van der Waals surface area contributed by atoms with Crippen LogP contribution >= 0.6 is 0 Å². The first kappa shape index (κ1) is 16.8. The van der Waals surface area contributed by atoms with Crippen molar-refractivity contribution < 1.29 is 13.2 Å². The molecule has 0 aromatic heterocycles. The normalized spacial score (nSPS) is 18.0. The van der Waals surface area contributed by atoms with Crippen LogP contribution in [-0.2, 0) is 21.2 Å². The van der Waals surface area contributed by atoms with E-state index in [0.29, 0.717) is 0 Å². The molecule has 3 N–H and O–H groups in total. The Labute approximate surface area is 131 Å². The number of likely N-dealkylation sites (N-methyl/N-ethyl adjacent to an activating group) is 1. The third-order valence-corrected chi connectivity index (χ3v) is 5.83. The molecule has 0 fully saturated rings. The van der Waals surface area contributed by atoms with Crippen molar-refractivity contribution >= 4 is 21.6 Å². The number of carbonyl (C=O) groups excluding carboxylic acids is 1. The van der Waals surface area contributed by atoms with Crippen LogP contribution in [0.25, 0.3) is 0 Å². The zero-order chi connectivity index (χ0) is 16.3. The van der Waals surface area contributed by atoms with Crippen LogP contribution in [0.1, 0.15) is 36.9 Å². The number of nitrogen functional groups attached to an aromatic ring is 1. The fourth-order valence-electron chi connectivity index (χ4n) is 2.75. The second kappa shape index (κ2) is 6.66. The zero-order valence-electron chi connectivity index (χ0n) is 13.0. The minimum atomic E-state index is -3.34. The van der Waals surface area contributed by atoms with Gasteiger partial charge >= 0.3 is 0 Å². The molecule has 2 rings (SSSR count). The van der Waals surface area contributed by atoms with E-state index < -0.39 is 10.0 Å². The van der Waals surface area contributed by atoms with Gasteiger partial charge in [-0.3, -0.25) is 4.79 Å². The molecule has 0 saturated heterocycles. The summed E-state index contributed by atoms with van der Waals surface area (Å²) in [5, 5.41) is 2.94. The third kappa shape index (κ3) is 3.78. The fraction of sp³-hybridized carbons (Fsp3) is 0.533. The van der Waals surface area contributed by atoms with Gasteiger partial charge in [-0.2, -0.15) is 4.31 Å². The van der Waals surface area contributed by atoms with Gasteiger partial charge in [0.2, 0.25) is 15.9 Å². The first-order chi connectivity index (χ1) is 10.3. The van der Waals surface area contributed by atoms with Crippen LogP contribution in [0.5, 0.6) is 0 Å². The molecule has 1 aliphatic rings. The molecule has 0 heterocycles. The number of hydrogen-bond donors (Lipinski definition) is 2. The van der Waals surface area contributed by atoms with E-state index in [9.17, 15) is 13.2 Å². The summed E-state index contributed by atoms with van der Waals surface area (Å²) in [5.74, 6) is -0.295. The van der Waals surface area contributed by atoms with Gasteiger partial charge in [-0.15, -0.1) is 0 Å². The van der Waals surface area contributed by atoms with Gasteiger partial charge in [0.25, 0.3) is 0 Å². The predicted octanol–water partition coefficient (Wildman–Crippen LogP) is 1.04. The minimum absolute atomic E-state index is 0.0116. The number of nitrogens with one attached hydrogen (secondary N) is 1. The van der Waals surface area contributed by atoms with Crippen LogP contribution < -0.4 is 11.1 Å². The van der Waals surface area contributed by atoms with E-state index >= 15 is 0 Å². The lowest BCUT2D eigenvalue weighted by Gasteiger charge is -2.27. The molecule has 1 atom stereocenters. The standard InChI is InChI=1S/C15H23N3O3S/c1-3-22(20,21)18(2)10-15(19)17-14-6-4-5-11-9-12(16)7-8-13(11)14/h7-9,14H,3-6,10,16H2,1-2H3,(H,17,19). The highest BCUT2D eigenvalue weighted by Gasteiger charge is 2.24. The van der Waals surface area contributed by atoms with E-state index in [4.69, 9.17) is 5.73 Å². The second-order valence-corrected chi connectivity index (χ2v) is 7.99. The zero-order valence-corrected chi connectivity index (χ0v) is 13.8. The molecule has 0 saturated carbocycles. The van der Waals surface area contributed by atoms with Crippen LogP contribution in [0.15, 0.2) is 18.2 Å². The molecule has 1 aliphatic carbocycles. The lowest BCUT2D eigenvalue weighted by molar-refractivity contribution is -0.122. The van der Waals surface area contributed by atoms with E-state index in [1.807, 2.05) is 18.2 Å². The van der Waals surface area contributed by atoms with Crippen molar-refractivity contribution in [3.63, 3.8) is 0 Å². The van der Waals surface area contributed by atoms with Crippen molar-refractivity contribution in [2.45, 2.75) is 32.2 Å². The summed E-state index contributed by atoms with van der Waals surface area (Å²) in [6, 6.07) is 5.65. The Morgan fingerprint density at radius 2 is 2.18 bits per heavy atom. The molecular weight excluding hydrogens is 302 g/mol. The Balaban J connectivity index is 2.05. The van der Waals surface area contributed by atoms with Gasteiger partial charge in [0.1, 0.15) is 0 Å². The van der Waals surface area contributed by atoms with Gasteiger partial charge in [-0.1, -0.05) is 6.07 Å². The molecule has 1 aromatic carbocycles.